The molecule has 0 bridgehead atoms. The summed E-state index contributed by atoms with van der Waals surface area (Å²) in [7, 11) is 0. The van der Waals surface area contributed by atoms with Crippen molar-refractivity contribution in [2.45, 2.75) is 90.4 Å². The van der Waals surface area contributed by atoms with Gasteiger partial charge in [-0.1, -0.05) is 25.5 Å². The molecule has 6 heteroatoms. The maximum absolute atomic E-state index is 13.0. The maximum Gasteiger partial charge on any atom is 0.324 e. The van der Waals surface area contributed by atoms with Gasteiger partial charge in [0.15, 0.2) is 11.4 Å². The number of allylic oxidation sites excluding steroid dienone is 1. The Morgan fingerprint density at radius 2 is 1.87 bits per heavy atom. The van der Waals surface area contributed by atoms with Crippen molar-refractivity contribution in [1.82, 2.24) is 0 Å². The third-order valence-corrected chi connectivity index (χ3v) is 10.1. The summed E-state index contributed by atoms with van der Waals surface area (Å²) in [5, 5.41) is 0. The largest absolute Gasteiger partial charge is 0.462 e. The molecule has 2 N–H and O–H groups in total. The van der Waals surface area contributed by atoms with Crippen molar-refractivity contribution >= 4 is 17.7 Å². The van der Waals surface area contributed by atoms with E-state index in [0.717, 1.165) is 44.9 Å². The van der Waals surface area contributed by atoms with Gasteiger partial charge in [0.05, 0.1) is 0 Å². The molecule has 31 heavy (non-hydrogen) atoms. The number of nitrogens with two attached hydrogens (primary N) is 1. The normalized spacial score (nSPS) is 50.4. The fraction of sp³-hybridized carbons (Fsp3) is 0.800. The van der Waals surface area contributed by atoms with E-state index in [1.165, 1.54) is 12.5 Å². The first-order chi connectivity index (χ1) is 14.5. The second kappa shape index (κ2) is 6.66. The van der Waals surface area contributed by atoms with E-state index in [0.29, 0.717) is 17.8 Å². The molecule has 9 atom stereocenters. The van der Waals surface area contributed by atoms with Gasteiger partial charge in [-0.3, -0.25) is 14.4 Å². The van der Waals surface area contributed by atoms with Crippen LogP contribution in [0.15, 0.2) is 11.6 Å². The number of rotatable bonds is 2. The van der Waals surface area contributed by atoms with E-state index in [4.69, 9.17) is 15.2 Å². The molecule has 170 valence electrons. The third kappa shape index (κ3) is 2.57. The van der Waals surface area contributed by atoms with Crippen molar-refractivity contribution < 1.29 is 23.9 Å². The van der Waals surface area contributed by atoms with E-state index < -0.39 is 17.6 Å². The van der Waals surface area contributed by atoms with E-state index in [-0.39, 0.29) is 34.6 Å². The smallest absolute Gasteiger partial charge is 0.324 e. The van der Waals surface area contributed by atoms with Crippen LogP contribution in [0.4, 0.5) is 0 Å². The molecule has 4 aliphatic carbocycles. The Labute approximate surface area is 184 Å². The zero-order valence-corrected chi connectivity index (χ0v) is 19.1. The van der Waals surface area contributed by atoms with Gasteiger partial charge in [0.25, 0.3) is 0 Å². The quantitative estimate of drug-likeness (QED) is 0.534. The number of carbonyl (C=O) groups excluding carboxylic acids is 3. The first-order valence-electron chi connectivity index (χ1n) is 11.9. The average molecular weight is 430 g/mol. The number of ether oxygens (including phenoxy) is 2. The summed E-state index contributed by atoms with van der Waals surface area (Å²) in [5.41, 5.74) is 6.41. The topological polar surface area (TPSA) is 95.7 Å². The maximum atomic E-state index is 13.0. The lowest BCUT2D eigenvalue weighted by atomic mass is 9.46. The van der Waals surface area contributed by atoms with Gasteiger partial charge in [0.1, 0.15) is 12.1 Å². The first-order valence-corrected chi connectivity index (χ1v) is 11.9. The second-order valence-electron chi connectivity index (χ2n) is 11.3. The van der Waals surface area contributed by atoms with Crippen molar-refractivity contribution in [1.29, 1.82) is 0 Å². The minimum Gasteiger partial charge on any atom is -0.462 e. The lowest BCUT2D eigenvalue weighted by Gasteiger charge is -2.58. The molecule has 0 aromatic heterocycles. The third-order valence-electron chi connectivity index (χ3n) is 10.1. The van der Waals surface area contributed by atoms with Gasteiger partial charge in [-0.25, -0.2) is 0 Å². The Morgan fingerprint density at radius 3 is 2.55 bits per heavy atom. The highest BCUT2D eigenvalue weighted by Crippen LogP contribution is 2.70. The Kier molecular flexibility index (Phi) is 4.55. The SMILES string of the molecule is CC(=O)O[C@H]1CC[C@@]2(C)C(=CCC3C2CC[C@@]2(C)C3CC3[C@H](N)C(=O)O[C@]32C(C)=O)C1. The molecule has 0 spiro atoms. The average Bonchev–Trinajstić information content (AvgIpc) is 3.11. The molecule has 4 unspecified atom stereocenters. The monoisotopic (exact) mass is 429 g/mol. The fourth-order valence-corrected chi connectivity index (χ4v) is 8.76. The van der Waals surface area contributed by atoms with Crippen LogP contribution < -0.4 is 5.73 Å². The molecule has 4 fully saturated rings. The van der Waals surface area contributed by atoms with Crippen molar-refractivity contribution in [2.24, 2.45) is 40.2 Å². The van der Waals surface area contributed by atoms with Crippen LogP contribution in [-0.2, 0) is 23.9 Å². The predicted octanol–water partition coefficient (Wildman–Crippen LogP) is 3.32. The molecular formula is C25H35NO5. The highest BCUT2D eigenvalue weighted by atomic mass is 16.6. The molecule has 5 aliphatic rings. The molecule has 6 nitrogen and oxygen atoms in total. The summed E-state index contributed by atoms with van der Waals surface area (Å²) < 4.78 is 11.4. The zero-order valence-electron chi connectivity index (χ0n) is 19.1. The minimum absolute atomic E-state index is 0.00791. The summed E-state index contributed by atoms with van der Waals surface area (Å²) >= 11 is 0. The van der Waals surface area contributed by atoms with Crippen LogP contribution in [0.5, 0.6) is 0 Å². The Balaban J connectivity index is 1.48. The van der Waals surface area contributed by atoms with Gasteiger partial charge >= 0.3 is 11.9 Å². The number of hydrogen-bond donors (Lipinski definition) is 1. The van der Waals surface area contributed by atoms with Crippen LogP contribution in [0.2, 0.25) is 0 Å². The van der Waals surface area contributed by atoms with Crippen molar-refractivity contribution in [3.8, 4) is 0 Å². The van der Waals surface area contributed by atoms with Crippen LogP contribution in [0.1, 0.15) is 72.6 Å². The van der Waals surface area contributed by atoms with Crippen molar-refractivity contribution in [2.75, 3.05) is 0 Å². The summed E-state index contributed by atoms with van der Waals surface area (Å²) in [6.07, 6.45) is 8.83. The van der Waals surface area contributed by atoms with Gasteiger partial charge in [-0.2, -0.15) is 0 Å². The number of hydrogen-bond acceptors (Lipinski definition) is 6. The molecule has 1 saturated heterocycles. The number of ketones is 1. The lowest BCUT2D eigenvalue weighted by molar-refractivity contribution is -0.180. The van der Waals surface area contributed by atoms with Crippen molar-refractivity contribution in [3.63, 3.8) is 0 Å². The van der Waals surface area contributed by atoms with Crippen molar-refractivity contribution in [3.05, 3.63) is 11.6 Å². The van der Waals surface area contributed by atoms with E-state index in [9.17, 15) is 14.4 Å². The fourth-order valence-electron chi connectivity index (χ4n) is 8.76. The summed E-state index contributed by atoms with van der Waals surface area (Å²) in [6.45, 7) is 7.64. The van der Waals surface area contributed by atoms with Crippen LogP contribution >= 0.6 is 0 Å². The predicted molar refractivity (Wildman–Crippen MR) is 114 cm³/mol. The highest BCUT2D eigenvalue weighted by Gasteiger charge is 2.75. The van der Waals surface area contributed by atoms with Gasteiger partial charge in [0, 0.05) is 24.7 Å². The molecule has 5 rings (SSSR count). The molecule has 3 saturated carbocycles. The molecule has 0 aromatic rings. The molecule has 0 aromatic carbocycles. The summed E-state index contributed by atoms with van der Waals surface area (Å²) in [4.78, 5) is 36.8. The van der Waals surface area contributed by atoms with Gasteiger partial charge in [-0.15, -0.1) is 0 Å². The van der Waals surface area contributed by atoms with E-state index in [1.54, 1.807) is 6.92 Å². The Morgan fingerprint density at radius 1 is 1.13 bits per heavy atom. The minimum atomic E-state index is -1.06. The lowest BCUT2D eigenvalue weighted by Crippen LogP contribution is -2.58. The van der Waals surface area contributed by atoms with Crippen LogP contribution in [0, 0.1) is 34.5 Å². The summed E-state index contributed by atoms with van der Waals surface area (Å²) in [5.74, 6) is 0.452. The van der Waals surface area contributed by atoms with Crippen LogP contribution in [0.3, 0.4) is 0 Å². The van der Waals surface area contributed by atoms with Crippen LogP contribution in [0.25, 0.3) is 0 Å². The summed E-state index contributed by atoms with van der Waals surface area (Å²) in [6, 6.07) is -0.700. The van der Waals surface area contributed by atoms with E-state index in [2.05, 4.69) is 19.9 Å². The Bertz CT molecular complexity index is 881. The highest BCUT2D eigenvalue weighted by molar-refractivity contribution is 5.94. The number of esters is 2. The standard InChI is InChI=1S/C25H35NO5/c1-13(27)25-20(21(26)22(29)31-25)12-19-17-6-5-15-11-16(30-14(2)28)7-9-23(15,3)18(17)8-10-24(19,25)4/h5,16-21H,6-12,26H2,1-4H3/t16-,17?,18?,19?,20?,21-,23-,24-,25+/m0/s1. The van der Waals surface area contributed by atoms with Gasteiger partial charge in [-0.05, 0) is 68.6 Å². The Hall–Kier alpha value is -1.69. The van der Waals surface area contributed by atoms with Gasteiger partial charge in [0.2, 0.25) is 0 Å². The van der Waals surface area contributed by atoms with E-state index >= 15 is 0 Å². The molecule has 0 amide bonds. The van der Waals surface area contributed by atoms with E-state index in [1.807, 2.05) is 0 Å². The number of fused-ring (bicyclic) bond motifs is 7. The molecule has 1 heterocycles. The molecule has 1 aliphatic heterocycles. The van der Waals surface area contributed by atoms with Gasteiger partial charge < -0.3 is 15.2 Å². The number of Topliss-reactive ketones (excluding diaryl/α,β-unsaturated/α-hetero) is 1. The molecular weight excluding hydrogens is 394 g/mol. The first kappa shape index (κ1) is 21.2. The second-order valence-corrected chi connectivity index (χ2v) is 11.3. The zero-order chi connectivity index (χ0) is 22.3. The number of carbonyl (C=O) groups is 3. The molecule has 0 radical (unpaired) electrons. The van der Waals surface area contributed by atoms with Crippen LogP contribution in [-0.4, -0.2) is 35.5 Å².